The highest BCUT2D eigenvalue weighted by Gasteiger charge is 2.27. The minimum atomic E-state index is -0.230. The normalized spacial score (nSPS) is 18.3. The number of ether oxygens (including phenoxy) is 1. The zero-order valence-corrected chi connectivity index (χ0v) is 11.2. The Morgan fingerprint density at radius 2 is 2.32 bits per heavy atom. The fraction of sp³-hybridized carbons (Fsp3) is 0.400. The maximum Gasteiger partial charge on any atom is 0.323 e. The molecule has 0 aliphatic carbocycles. The maximum atomic E-state index is 11.8. The molecule has 1 aromatic carbocycles. The summed E-state index contributed by atoms with van der Waals surface area (Å²) in [5, 5.41) is 4.46. The zero-order chi connectivity index (χ0) is 13.4. The number of para-hydroxylation sites is 1. The number of carbonyl (C=O) groups excluding carboxylic acids is 1. The van der Waals surface area contributed by atoms with Crippen LogP contribution < -0.4 is 5.32 Å². The second-order valence-electron chi connectivity index (χ2n) is 4.97. The van der Waals surface area contributed by atoms with Crippen molar-refractivity contribution >= 4 is 16.9 Å². The van der Waals surface area contributed by atoms with Crippen LogP contribution in [0.3, 0.4) is 0 Å². The number of aryl methyl sites for hydroxylation is 1. The Bertz CT molecular complexity index is 630. The smallest absolute Gasteiger partial charge is 0.323 e. The summed E-state index contributed by atoms with van der Waals surface area (Å²) in [6.45, 7) is 5.05. The van der Waals surface area contributed by atoms with E-state index in [2.05, 4.69) is 35.4 Å². The molecule has 0 amide bonds. The van der Waals surface area contributed by atoms with E-state index in [0.29, 0.717) is 19.6 Å². The first-order chi connectivity index (χ1) is 9.20. The summed E-state index contributed by atoms with van der Waals surface area (Å²) < 4.78 is 5.10. The molecule has 1 aliphatic rings. The van der Waals surface area contributed by atoms with Crippen LogP contribution in [0, 0.1) is 6.92 Å². The lowest BCUT2D eigenvalue weighted by molar-refractivity contribution is -0.145. The first-order valence-electron chi connectivity index (χ1n) is 6.69. The topological polar surface area (TPSA) is 54.1 Å². The number of benzene rings is 1. The van der Waals surface area contributed by atoms with Gasteiger partial charge in [-0.2, -0.15) is 0 Å². The fourth-order valence-corrected chi connectivity index (χ4v) is 2.77. The van der Waals surface area contributed by atoms with Gasteiger partial charge in [-0.1, -0.05) is 18.2 Å². The van der Waals surface area contributed by atoms with E-state index in [1.165, 1.54) is 27.7 Å². The van der Waals surface area contributed by atoms with Gasteiger partial charge in [-0.05, 0) is 25.0 Å². The molecule has 1 aromatic heterocycles. The molecule has 3 rings (SSSR count). The highest BCUT2D eigenvalue weighted by Crippen LogP contribution is 2.28. The van der Waals surface area contributed by atoms with E-state index in [-0.39, 0.29) is 12.0 Å². The summed E-state index contributed by atoms with van der Waals surface area (Å²) >= 11 is 0. The van der Waals surface area contributed by atoms with Gasteiger partial charge in [0.25, 0.3) is 0 Å². The molecular weight excluding hydrogens is 240 g/mol. The van der Waals surface area contributed by atoms with Gasteiger partial charge in [0.1, 0.15) is 6.04 Å². The van der Waals surface area contributed by atoms with E-state index in [9.17, 15) is 4.79 Å². The third-order valence-corrected chi connectivity index (χ3v) is 3.74. The van der Waals surface area contributed by atoms with Gasteiger partial charge < -0.3 is 9.72 Å². The van der Waals surface area contributed by atoms with Crippen LogP contribution in [-0.2, 0) is 22.5 Å². The number of H-pyrrole nitrogens is 1. The second kappa shape index (κ2) is 4.70. The lowest BCUT2D eigenvalue weighted by atomic mass is 9.98. The van der Waals surface area contributed by atoms with Crippen LogP contribution in [0.4, 0.5) is 0 Å². The number of hydrogen-bond acceptors (Lipinski definition) is 3. The number of rotatable bonds is 2. The first kappa shape index (κ1) is 12.2. The van der Waals surface area contributed by atoms with Crippen LogP contribution in [0.2, 0.25) is 0 Å². The van der Waals surface area contributed by atoms with Crippen molar-refractivity contribution in [2.45, 2.75) is 32.9 Å². The minimum Gasteiger partial charge on any atom is -0.465 e. The number of fused-ring (bicyclic) bond motifs is 3. The van der Waals surface area contributed by atoms with Gasteiger partial charge in [-0.15, -0.1) is 0 Å². The summed E-state index contributed by atoms with van der Waals surface area (Å²) in [5.41, 5.74) is 4.85. The number of aromatic amines is 1. The molecule has 2 heterocycles. The summed E-state index contributed by atoms with van der Waals surface area (Å²) in [6.07, 6.45) is 0.692. The maximum absolute atomic E-state index is 11.8. The Morgan fingerprint density at radius 3 is 3.11 bits per heavy atom. The summed E-state index contributed by atoms with van der Waals surface area (Å²) in [7, 11) is 0. The summed E-state index contributed by atoms with van der Waals surface area (Å²) in [5.74, 6) is -0.157. The van der Waals surface area contributed by atoms with Gasteiger partial charge in [-0.25, -0.2) is 0 Å². The third kappa shape index (κ3) is 2.02. The standard InChI is InChI=1S/C15H18N2O2/c1-3-19-15(18)12-7-11-10-6-4-5-9(2)14(10)17-13(11)8-16-12/h4-6,12,16-17H,3,7-8H2,1-2H3. The molecule has 4 nitrogen and oxygen atoms in total. The van der Waals surface area contributed by atoms with E-state index in [1.807, 2.05) is 6.92 Å². The molecule has 0 spiro atoms. The second-order valence-corrected chi connectivity index (χ2v) is 4.97. The van der Waals surface area contributed by atoms with E-state index in [0.717, 1.165) is 0 Å². The molecule has 0 radical (unpaired) electrons. The van der Waals surface area contributed by atoms with Crippen LogP contribution in [0.5, 0.6) is 0 Å². The molecule has 1 atom stereocenters. The molecule has 100 valence electrons. The van der Waals surface area contributed by atoms with E-state index >= 15 is 0 Å². The van der Waals surface area contributed by atoms with Gasteiger partial charge in [0.15, 0.2) is 0 Å². The van der Waals surface area contributed by atoms with E-state index in [1.54, 1.807) is 0 Å². The molecule has 0 saturated carbocycles. The first-order valence-corrected chi connectivity index (χ1v) is 6.69. The van der Waals surface area contributed by atoms with Crippen LogP contribution in [0.25, 0.3) is 10.9 Å². The lowest BCUT2D eigenvalue weighted by Gasteiger charge is -2.22. The van der Waals surface area contributed by atoms with Gasteiger partial charge in [0, 0.05) is 29.6 Å². The predicted octanol–water partition coefficient (Wildman–Crippen LogP) is 2.05. The highest BCUT2D eigenvalue weighted by atomic mass is 16.5. The minimum absolute atomic E-state index is 0.157. The molecule has 1 unspecified atom stereocenters. The number of aromatic nitrogens is 1. The lowest BCUT2D eigenvalue weighted by Crippen LogP contribution is -2.42. The van der Waals surface area contributed by atoms with Crippen molar-refractivity contribution in [1.29, 1.82) is 0 Å². The SMILES string of the molecule is CCOC(=O)C1Cc2c([nH]c3c(C)cccc23)CN1. The number of hydrogen-bond donors (Lipinski definition) is 2. The third-order valence-electron chi connectivity index (χ3n) is 3.74. The fourth-order valence-electron chi connectivity index (χ4n) is 2.77. The highest BCUT2D eigenvalue weighted by molar-refractivity contribution is 5.88. The molecule has 19 heavy (non-hydrogen) atoms. The van der Waals surface area contributed by atoms with Crippen LogP contribution in [-0.4, -0.2) is 23.6 Å². The largest absolute Gasteiger partial charge is 0.465 e. The Kier molecular flexibility index (Phi) is 3.03. The average molecular weight is 258 g/mol. The van der Waals surface area contributed by atoms with Crippen molar-refractivity contribution in [3.05, 3.63) is 35.0 Å². The van der Waals surface area contributed by atoms with Gasteiger partial charge in [-0.3, -0.25) is 10.1 Å². The van der Waals surface area contributed by atoms with Crippen molar-refractivity contribution in [3.63, 3.8) is 0 Å². The van der Waals surface area contributed by atoms with Crippen LogP contribution in [0.15, 0.2) is 18.2 Å². The molecule has 1 aliphatic heterocycles. The quantitative estimate of drug-likeness (QED) is 0.811. The number of esters is 1. The Labute approximate surface area is 112 Å². The molecule has 0 saturated heterocycles. The average Bonchev–Trinajstić information content (AvgIpc) is 2.78. The van der Waals surface area contributed by atoms with Crippen molar-refractivity contribution in [1.82, 2.24) is 10.3 Å². The van der Waals surface area contributed by atoms with Gasteiger partial charge in [0.2, 0.25) is 0 Å². The Hall–Kier alpha value is -1.81. The molecular formula is C15H18N2O2. The molecule has 2 aromatic rings. The zero-order valence-electron chi connectivity index (χ0n) is 11.2. The van der Waals surface area contributed by atoms with Gasteiger partial charge >= 0.3 is 5.97 Å². The monoisotopic (exact) mass is 258 g/mol. The van der Waals surface area contributed by atoms with Crippen LogP contribution >= 0.6 is 0 Å². The van der Waals surface area contributed by atoms with Crippen molar-refractivity contribution in [2.24, 2.45) is 0 Å². The number of nitrogens with one attached hydrogen (secondary N) is 2. The van der Waals surface area contributed by atoms with E-state index in [4.69, 9.17) is 4.74 Å². The van der Waals surface area contributed by atoms with E-state index < -0.39 is 0 Å². The van der Waals surface area contributed by atoms with Gasteiger partial charge in [0.05, 0.1) is 6.61 Å². The van der Waals surface area contributed by atoms with Crippen LogP contribution in [0.1, 0.15) is 23.7 Å². The Morgan fingerprint density at radius 1 is 1.47 bits per heavy atom. The predicted molar refractivity (Wildman–Crippen MR) is 74.0 cm³/mol. The Balaban J connectivity index is 1.98. The number of carbonyl (C=O) groups is 1. The molecule has 0 bridgehead atoms. The van der Waals surface area contributed by atoms with Crippen molar-refractivity contribution in [2.75, 3.05) is 6.61 Å². The summed E-state index contributed by atoms with van der Waals surface area (Å²) in [6, 6.07) is 6.05. The molecule has 4 heteroatoms. The molecule has 0 fully saturated rings. The molecule has 2 N–H and O–H groups in total. The van der Waals surface area contributed by atoms with Crippen molar-refractivity contribution < 1.29 is 9.53 Å². The van der Waals surface area contributed by atoms with Crippen molar-refractivity contribution in [3.8, 4) is 0 Å². The summed E-state index contributed by atoms with van der Waals surface area (Å²) in [4.78, 5) is 15.3.